The third kappa shape index (κ3) is 6.30. The summed E-state index contributed by atoms with van der Waals surface area (Å²) in [6.07, 6.45) is 5.24. The molecule has 0 aliphatic carbocycles. The quantitative estimate of drug-likeness (QED) is 0.119. The molecule has 0 bridgehead atoms. The van der Waals surface area contributed by atoms with Crippen LogP contribution in [0.1, 0.15) is 40.0 Å². The van der Waals surface area contributed by atoms with Gasteiger partial charge in [-0.15, -0.1) is 0 Å². The zero-order valence-electron chi connectivity index (χ0n) is 41.6. The zero-order valence-corrected chi connectivity index (χ0v) is 32.4. The molecule has 280 valence electrons. The lowest BCUT2D eigenvalue weighted by molar-refractivity contribution is -0.571. The normalized spacial score (nSPS) is 14.2. The minimum Gasteiger partial charge on any atom is -0.458 e. The molecule has 7 aromatic carbocycles. The molecule has 0 amide bonds. The van der Waals surface area contributed by atoms with Crippen LogP contribution in [0.15, 0.2) is 182 Å². The van der Waals surface area contributed by atoms with Crippen LogP contribution in [0.25, 0.3) is 72.3 Å². The molecule has 10 rings (SSSR count). The first-order valence-corrected chi connectivity index (χ1v) is 19.0. The second-order valence-electron chi connectivity index (χ2n) is 14.9. The molecule has 5 nitrogen and oxygen atoms in total. The van der Waals surface area contributed by atoms with Gasteiger partial charge < -0.3 is 4.74 Å². The topological polar surface area (TPSA) is 35.9 Å². The lowest BCUT2D eigenvalue weighted by Gasteiger charge is -2.20. The van der Waals surface area contributed by atoms with Gasteiger partial charge in [-0.05, 0) is 93.9 Å². The van der Waals surface area contributed by atoms with E-state index in [1.54, 1.807) is 45.5 Å². The summed E-state index contributed by atoms with van der Waals surface area (Å²) in [6.45, 7) is 6.52. The van der Waals surface area contributed by atoms with Gasteiger partial charge in [0.05, 0.1) is 47.1 Å². The number of halogens is 1. The average molecular weight is 781 g/mol. The fraction of sp³-hybridized carbons (Fsp3) is 0.0769. The second-order valence-corrected chi connectivity index (χ2v) is 15.3. The molecule has 58 heavy (non-hydrogen) atoms. The molecule has 0 fully saturated rings. The van der Waals surface area contributed by atoms with Crippen molar-refractivity contribution in [3.63, 3.8) is 0 Å². The number of imidazole rings is 1. The van der Waals surface area contributed by atoms with Gasteiger partial charge in [0.25, 0.3) is 6.33 Å². The Kier molecular flexibility index (Phi) is 6.39. The van der Waals surface area contributed by atoms with E-state index in [9.17, 15) is 0 Å². The standard InChI is InChI=1S/C52H39ClN4O/c1-52(2,3)37-28-29-54-50(30-37)57-46-23-11-10-20-44(46)45-26-25-41(33-48(45)57)58-40-19-12-18-39(32-40)55-34-56(49-31-38(53)24-27-47(49)55)51-42(35-14-6-4-7-15-35)21-13-22-43(51)36-16-8-5-9-17-36/h4-33H,1-3H3/i4D,5D,6D,7D,8D,9D,14D,15D,16D,17D. The Morgan fingerprint density at radius 3 is 2.09 bits per heavy atom. The maximum absolute atomic E-state index is 9.00. The Morgan fingerprint density at radius 1 is 0.655 bits per heavy atom. The highest BCUT2D eigenvalue weighted by atomic mass is 35.5. The molecule has 0 radical (unpaired) electrons. The summed E-state index contributed by atoms with van der Waals surface area (Å²) in [5.74, 6) is 1.85. The minimum absolute atomic E-state index is 0.0931. The van der Waals surface area contributed by atoms with Gasteiger partial charge in [-0.25, -0.2) is 4.98 Å². The van der Waals surface area contributed by atoms with Crippen LogP contribution in [0.3, 0.4) is 0 Å². The molecule has 0 aliphatic heterocycles. The van der Waals surface area contributed by atoms with E-state index in [2.05, 4.69) is 49.9 Å². The third-order valence-electron chi connectivity index (χ3n) is 10.2. The van der Waals surface area contributed by atoms with Crippen molar-refractivity contribution in [2.75, 3.05) is 0 Å². The van der Waals surface area contributed by atoms with Gasteiger partial charge in [0, 0.05) is 28.1 Å². The van der Waals surface area contributed by atoms with Crippen LogP contribution < -0.4 is 9.30 Å². The molecule has 0 atom stereocenters. The van der Waals surface area contributed by atoms with E-state index in [-0.39, 0.29) is 33.4 Å². The van der Waals surface area contributed by atoms with Crippen LogP contribution in [0.4, 0.5) is 0 Å². The van der Waals surface area contributed by atoms with Gasteiger partial charge in [-0.3, -0.25) is 13.7 Å². The Morgan fingerprint density at radius 2 is 1.34 bits per heavy atom. The molecule has 3 heterocycles. The number of pyridine rings is 1. The number of para-hydroxylation sites is 2. The van der Waals surface area contributed by atoms with Gasteiger partial charge in [-0.1, -0.05) is 141 Å². The number of ether oxygens (including phenoxy) is 1. The van der Waals surface area contributed by atoms with Crippen molar-refractivity contribution >= 4 is 44.4 Å². The first-order chi connectivity index (χ1) is 32.4. The van der Waals surface area contributed by atoms with E-state index >= 15 is 0 Å². The molecule has 6 heteroatoms. The number of benzene rings is 7. The maximum atomic E-state index is 9.00. The van der Waals surface area contributed by atoms with Crippen LogP contribution in [0, 0.1) is 6.33 Å². The van der Waals surface area contributed by atoms with E-state index in [1.165, 1.54) is 0 Å². The van der Waals surface area contributed by atoms with Crippen molar-refractivity contribution in [3.05, 3.63) is 199 Å². The maximum Gasteiger partial charge on any atom is 0.269 e. The summed E-state index contributed by atoms with van der Waals surface area (Å²) >= 11 is 6.70. The molecular weight excluding hydrogens is 732 g/mol. The number of rotatable bonds is 7. The monoisotopic (exact) mass is 780 g/mol. The summed E-state index contributed by atoms with van der Waals surface area (Å²) in [6, 6.07) is 30.2. The van der Waals surface area contributed by atoms with E-state index in [1.807, 2.05) is 66.9 Å². The van der Waals surface area contributed by atoms with E-state index < -0.39 is 60.4 Å². The van der Waals surface area contributed by atoms with Crippen molar-refractivity contribution in [1.29, 1.82) is 0 Å². The molecule has 3 aromatic heterocycles. The van der Waals surface area contributed by atoms with E-state index in [0.717, 1.165) is 33.2 Å². The van der Waals surface area contributed by atoms with Gasteiger partial charge in [0.15, 0.2) is 0 Å². The Bertz CT molecular complexity index is 3600. The lowest BCUT2D eigenvalue weighted by atomic mass is 9.88. The molecule has 0 unspecified atom stereocenters. The van der Waals surface area contributed by atoms with Gasteiger partial charge in [0.2, 0.25) is 0 Å². The number of hydrogen-bond acceptors (Lipinski definition) is 2. The first-order valence-electron chi connectivity index (χ1n) is 23.7. The zero-order chi connectivity index (χ0) is 48.1. The van der Waals surface area contributed by atoms with Crippen LogP contribution >= 0.6 is 11.6 Å². The van der Waals surface area contributed by atoms with Crippen molar-refractivity contribution in [1.82, 2.24) is 14.1 Å². The van der Waals surface area contributed by atoms with Crippen LogP contribution in [-0.4, -0.2) is 14.1 Å². The highest BCUT2D eigenvalue weighted by Crippen LogP contribution is 2.38. The summed E-state index contributed by atoms with van der Waals surface area (Å²) in [4.78, 5) is 4.81. The summed E-state index contributed by atoms with van der Waals surface area (Å²) in [5, 5.41) is 2.45. The van der Waals surface area contributed by atoms with E-state index in [0.29, 0.717) is 33.2 Å². The lowest BCUT2D eigenvalue weighted by Crippen LogP contribution is -2.31. The van der Waals surface area contributed by atoms with Crippen molar-refractivity contribution in [2.24, 2.45) is 0 Å². The third-order valence-corrected chi connectivity index (χ3v) is 10.5. The molecular formula is C52H39ClN4O. The number of fused-ring (bicyclic) bond motifs is 4. The van der Waals surface area contributed by atoms with Crippen molar-refractivity contribution in [3.8, 4) is 50.9 Å². The summed E-state index contributed by atoms with van der Waals surface area (Å²) in [5.41, 5.74) is 4.65. The molecule has 10 aromatic rings. The molecule has 0 saturated heterocycles. The van der Waals surface area contributed by atoms with Crippen LogP contribution in [0.2, 0.25) is 5.02 Å². The van der Waals surface area contributed by atoms with Crippen LogP contribution in [-0.2, 0) is 5.41 Å². The fourth-order valence-corrected chi connectivity index (χ4v) is 7.65. The Balaban J connectivity index is 1.16. The minimum atomic E-state index is -0.582. The molecule has 0 N–H and O–H groups in total. The molecule has 0 saturated carbocycles. The second kappa shape index (κ2) is 14.2. The predicted octanol–water partition coefficient (Wildman–Crippen LogP) is 13.3. The summed E-state index contributed by atoms with van der Waals surface area (Å²) in [7, 11) is 0. The smallest absolute Gasteiger partial charge is 0.269 e. The number of aromatic nitrogens is 4. The molecule has 0 spiro atoms. The highest BCUT2D eigenvalue weighted by molar-refractivity contribution is 6.31. The van der Waals surface area contributed by atoms with E-state index in [4.69, 9.17) is 35.0 Å². The van der Waals surface area contributed by atoms with Gasteiger partial charge in [-0.2, -0.15) is 0 Å². The Hall–Kier alpha value is -6.95. The van der Waals surface area contributed by atoms with Crippen molar-refractivity contribution < 1.29 is 23.0 Å². The number of nitrogens with zero attached hydrogens (tertiary/aromatic N) is 4. The predicted molar refractivity (Wildman–Crippen MR) is 237 cm³/mol. The largest absolute Gasteiger partial charge is 0.458 e. The van der Waals surface area contributed by atoms with Crippen molar-refractivity contribution in [2.45, 2.75) is 26.2 Å². The first kappa shape index (κ1) is 26.1. The van der Waals surface area contributed by atoms with Gasteiger partial charge in [0.1, 0.15) is 17.3 Å². The SMILES string of the molecule is [2H]c1c([2H])c([2H])c(-c2cccc(-c3c([2H])c([2H])c([2H])c([2H])c3[2H])c2-[n+]2[c-]n(-c3cccc(Oc4ccc5c6ccccc6n(-c6cc(C(C)(C)C)ccn6)c5c4)c3)c3ccc(Cl)cc32)c([2H])c1[2H]. The number of hydrogen-bond donors (Lipinski definition) is 0. The Labute approximate surface area is 356 Å². The fourth-order valence-electron chi connectivity index (χ4n) is 7.49. The van der Waals surface area contributed by atoms with Gasteiger partial charge >= 0.3 is 0 Å². The summed E-state index contributed by atoms with van der Waals surface area (Å²) < 4.78 is 99.0. The highest BCUT2D eigenvalue weighted by Gasteiger charge is 2.21. The molecule has 0 aliphatic rings. The average Bonchev–Trinajstić information content (AvgIpc) is 3.86. The van der Waals surface area contributed by atoms with Crippen LogP contribution in [0.5, 0.6) is 11.5 Å².